The van der Waals surface area contributed by atoms with Crippen LogP contribution >= 0.6 is 23.2 Å². The van der Waals surface area contributed by atoms with Crippen LogP contribution in [0.4, 0.5) is 5.69 Å². The van der Waals surface area contributed by atoms with Gasteiger partial charge in [0, 0.05) is 13.1 Å². The van der Waals surface area contributed by atoms with Gasteiger partial charge in [-0.15, -0.1) is 0 Å². The van der Waals surface area contributed by atoms with Crippen LogP contribution in [-0.2, 0) is 27.9 Å². The summed E-state index contributed by atoms with van der Waals surface area (Å²) in [6.07, 6.45) is 2.41. The van der Waals surface area contributed by atoms with Crippen molar-refractivity contribution in [2.24, 2.45) is 0 Å². The van der Waals surface area contributed by atoms with Gasteiger partial charge in [-0.3, -0.25) is 14.0 Å². The highest BCUT2D eigenvalue weighted by atomic mass is 35.5. The van der Waals surface area contributed by atoms with Crippen molar-refractivity contribution < 1.29 is 13.2 Å². The van der Waals surface area contributed by atoms with E-state index in [0.717, 1.165) is 40.6 Å². The first-order valence-electron chi connectivity index (χ1n) is 11.8. The third kappa shape index (κ3) is 6.40. The summed E-state index contributed by atoms with van der Waals surface area (Å²) in [7, 11) is -4.04. The highest BCUT2D eigenvalue weighted by Gasteiger charge is 2.28. The summed E-state index contributed by atoms with van der Waals surface area (Å²) in [5.41, 5.74) is 3.36. The Kier molecular flexibility index (Phi) is 8.57. The Balaban J connectivity index is 1.54. The van der Waals surface area contributed by atoms with Crippen molar-refractivity contribution in [3.8, 4) is 0 Å². The molecule has 9 heteroatoms. The zero-order valence-electron chi connectivity index (χ0n) is 20.1. The number of hydrogen-bond acceptors (Lipinski definition) is 4. The molecule has 4 rings (SSSR count). The third-order valence-corrected chi connectivity index (χ3v) is 8.80. The number of carbonyl (C=O) groups excluding carboxylic acids is 1. The van der Waals surface area contributed by atoms with E-state index in [2.05, 4.69) is 16.3 Å². The van der Waals surface area contributed by atoms with Crippen LogP contribution in [0.3, 0.4) is 0 Å². The van der Waals surface area contributed by atoms with E-state index in [4.69, 9.17) is 23.2 Å². The fourth-order valence-corrected chi connectivity index (χ4v) is 5.94. The van der Waals surface area contributed by atoms with Gasteiger partial charge in [-0.1, -0.05) is 65.2 Å². The van der Waals surface area contributed by atoms with Gasteiger partial charge < -0.3 is 5.32 Å². The maximum absolute atomic E-state index is 13.6. The molecular formula is C27H29Cl2N3O3S. The molecule has 0 unspecified atom stereocenters. The summed E-state index contributed by atoms with van der Waals surface area (Å²) in [6.45, 7) is 4.78. The molecule has 1 fully saturated rings. The molecule has 1 N–H and O–H groups in total. The van der Waals surface area contributed by atoms with Gasteiger partial charge in [-0.25, -0.2) is 8.42 Å². The number of nitrogens with zero attached hydrogens (tertiary/aromatic N) is 2. The van der Waals surface area contributed by atoms with Crippen molar-refractivity contribution in [2.75, 3.05) is 23.9 Å². The van der Waals surface area contributed by atoms with Gasteiger partial charge in [0.05, 0.1) is 20.6 Å². The summed E-state index contributed by atoms with van der Waals surface area (Å²) in [5.74, 6) is -0.423. The van der Waals surface area contributed by atoms with Crippen molar-refractivity contribution >= 4 is 44.8 Å². The predicted octanol–water partition coefficient (Wildman–Crippen LogP) is 5.41. The van der Waals surface area contributed by atoms with Crippen LogP contribution in [0.1, 0.15) is 29.5 Å². The SMILES string of the molecule is Cc1ccc(S(=O)(=O)N(CC(=O)NCc2ccccc2CN2CCCC2)c2ccc(Cl)c(Cl)c2)cc1. The highest BCUT2D eigenvalue weighted by Crippen LogP contribution is 2.30. The fraction of sp³-hybridized carbons (Fsp3) is 0.296. The zero-order chi connectivity index (χ0) is 25.7. The van der Waals surface area contributed by atoms with E-state index in [1.165, 1.54) is 37.1 Å². The van der Waals surface area contributed by atoms with Crippen molar-refractivity contribution in [3.05, 3.63) is 93.5 Å². The highest BCUT2D eigenvalue weighted by molar-refractivity contribution is 7.92. The number of sulfonamides is 1. The standard InChI is InChI=1S/C27H29Cl2N3O3S/c1-20-8-11-24(12-9-20)36(34,35)32(23-10-13-25(28)26(29)16-23)19-27(33)30-17-21-6-2-3-7-22(21)18-31-14-4-5-15-31/h2-3,6-13,16H,4-5,14-15,17-19H2,1H3,(H,30,33). The molecule has 0 spiro atoms. The summed E-state index contributed by atoms with van der Waals surface area (Å²) < 4.78 is 28.2. The van der Waals surface area contributed by atoms with Crippen LogP contribution in [0.25, 0.3) is 0 Å². The lowest BCUT2D eigenvalue weighted by molar-refractivity contribution is -0.119. The molecule has 190 valence electrons. The van der Waals surface area contributed by atoms with E-state index in [0.29, 0.717) is 11.6 Å². The largest absolute Gasteiger partial charge is 0.350 e. The summed E-state index contributed by atoms with van der Waals surface area (Å²) >= 11 is 12.2. The lowest BCUT2D eigenvalue weighted by Gasteiger charge is -2.25. The number of hydrogen-bond donors (Lipinski definition) is 1. The van der Waals surface area contributed by atoms with Crippen LogP contribution in [0, 0.1) is 6.92 Å². The minimum atomic E-state index is -4.04. The summed E-state index contributed by atoms with van der Waals surface area (Å²) in [4.78, 5) is 15.5. The minimum Gasteiger partial charge on any atom is -0.350 e. The van der Waals surface area contributed by atoms with Gasteiger partial charge in [0.2, 0.25) is 5.91 Å². The number of halogens is 2. The molecular weight excluding hydrogens is 517 g/mol. The van der Waals surface area contributed by atoms with Crippen LogP contribution in [-0.4, -0.2) is 38.9 Å². The van der Waals surface area contributed by atoms with Crippen molar-refractivity contribution in [3.63, 3.8) is 0 Å². The first-order chi connectivity index (χ1) is 17.2. The Morgan fingerprint density at radius 2 is 1.61 bits per heavy atom. The molecule has 1 aliphatic rings. The fourth-order valence-electron chi connectivity index (χ4n) is 4.24. The van der Waals surface area contributed by atoms with Crippen LogP contribution in [0.5, 0.6) is 0 Å². The number of aryl methyl sites for hydroxylation is 1. The van der Waals surface area contributed by atoms with Gasteiger partial charge in [0.1, 0.15) is 6.54 Å². The number of benzene rings is 3. The Hall–Kier alpha value is -2.58. The normalized spacial score (nSPS) is 14.1. The monoisotopic (exact) mass is 545 g/mol. The predicted molar refractivity (Wildman–Crippen MR) is 145 cm³/mol. The van der Waals surface area contributed by atoms with E-state index in [9.17, 15) is 13.2 Å². The molecule has 0 saturated carbocycles. The van der Waals surface area contributed by atoms with E-state index in [1.807, 2.05) is 25.1 Å². The number of nitrogens with one attached hydrogen (secondary N) is 1. The average Bonchev–Trinajstić information content (AvgIpc) is 3.37. The lowest BCUT2D eigenvalue weighted by Crippen LogP contribution is -2.40. The lowest BCUT2D eigenvalue weighted by atomic mass is 10.1. The molecule has 0 bridgehead atoms. The number of rotatable bonds is 9. The molecule has 3 aromatic rings. The second-order valence-electron chi connectivity index (χ2n) is 8.95. The van der Waals surface area contributed by atoms with Crippen LogP contribution in [0.2, 0.25) is 10.0 Å². The summed E-state index contributed by atoms with van der Waals surface area (Å²) in [6, 6.07) is 19.0. The molecule has 1 amide bonds. The second-order valence-corrected chi connectivity index (χ2v) is 11.6. The first-order valence-corrected chi connectivity index (χ1v) is 14.0. The number of anilines is 1. The minimum absolute atomic E-state index is 0.0860. The Morgan fingerprint density at radius 3 is 2.28 bits per heavy atom. The van der Waals surface area contributed by atoms with Gasteiger partial charge in [-0.05, 0) is 74.3 Å². The average molecular weight is 547 g/mol. The van der Waals surface area contributed by atoms with E-state index >= 15 is 0 Å². The van der Waals surface area contributed by atoms with E-state index in [-0.39, 0.29) is 15.6 Å². The van der Waals surface area contributed by atoms with Gasteiger partial charge in [0.15, 0.2) is 0 Å². The summed E-state index contributed by atoms with van der Waals surface area (Å²) in [5, 5.41) is 3.40. The van der Waals surface area contributed by atoms with Crippen LogP contribution in [0.15, 0.2) is 71.6 Å². The molecule has 1 heterocycles. The number of amides is 1. The Labute approximate surface area is 222 Å². The molecule has 0 aliphatic carbocycles. The topological polar surface area (TPSA) is 69.7 Å². The molecule has 3 aromatic carbocycles. The zero-order valence-corrected chi connectivity index (χ0v) is 22.4. The number of likely N-dealkylation sites (tertiary alicyclic amines) is 1. The van der Waals surface area contributed by atoms with Gasteiger partial charge >= 0.3 is 0 Å². The van der Waals surface area contributed by atoms with Crippen LogP contribution < -0.4 is 9.62 Å². The Bertz CT molecular complexity index is 1320. The molecule has 1 saturated heterocycles. The first kappa shape index (κ1) is 26.5. The Morgan fingerprint density at radius 1 is 0.944 bits per heavy atom. The maximum Gasteiger partial charge on any atom is 0.264 e. The maximum atomic E-state index is 13.6. The van der Waals surface area contributed by atoms with Gasteiger partial charge in [0.25, 0.3) is 10.0 Å². The molecule has 36 heavy (non-hydrogen) atoms. The molecule has 0 atom stereocenters. The molecule has 0 radical (unpaired) electrons. The molecule has 0 aromatic heterocycles. The second kappa shape index (κ2) is 11.6. The molecule has 1 aliphatic heterocycles. The van der Waals surface area contributed by atoms with E-state index in [1.54, 1.807) is 18.2 Å². The van der Waals surface area contributed by atoms with E-state index < -0.39 is 22.5 Å². The number of carbonyl (C=O) groups is 1. The third-order valence-electron chi connectivity index (χ3n) is 6.27. The van der Waals surface area contributed by atoms with Crippen molar-refractivity contribution in [2.45, 2.75) is 37.8 Å². The quantitative estimate of drug-likeness (QED) is 0.390. The van der Waals surface area contributed by atoms with Gasteiger partial charge in [-0.2, -0.15) is 0 Å². The smallest absolute Gasteiger partial charge is 0.264 e. The molecule has 6 nitrogen and oxygen atoms in total. The van der Waals surface area contributed by atoms with Crippen molar-refractivity contribution in [1.82, 2.24) is 10.2 Å². The van der Waals surface area contributed by atoms with Crippen molar-refractivity contribution in [1.29, 1.82) is 0 Å².